The van der Waals surface area contributed by atoms with Crippen molar-refractivity contribution in [3.8, 4) is 0 Å². The van der Waals surface area contributed by atoms with E-state index >= 15 is 0 Å². The Morgan fingerprint density at radius 2 is 1.50 bits per heavy atom. The summed E-state index contributed by atoms with van der Waals surface area (Å²) in [7, 11) is 0. The van der Waals surface area contributed by atoms with Gasteiger partial charge < -0.3 is 17.1 Å². The molecule has 0 heterocycles. The molecule has 0 radical (unpaired) electrons. The summed E-state index contributed by atoms with van der Waals surface area (Å²) >= 11 is 14.4. The molecule has 46 valence electrons. The molecular weight excluding hydrogens is 158 g/mol. The molecule has 8 heavy (non-hydrogen) atoms. The Morgan fingerprint density at radius 1 is 1.25 bits per heavy atom. The van der Waals surface area contributed by atoms with Gasteiger partial charge in [-0.25, -0.2) is 0 Å². The Hall–Kier alpha value is 0.490. The maximum absolute atomic E-state index is 4.82. The van der Waals surface area contributed by atoms with Gasteiger partial charge in [0.1, 0.15) is 0 Å². The lowest BCUT2D eigenvalue weighted by Gasteiger charge is -2.18. The minimum Gasteiger partial charge on any atom is -0.483 e. The van der Waals surface area contributed by atoms with E-state index in [4.69, 9.17) is 37.3 Å². The molecule has 1 N–H and O–H groups in total. The minimum atomic E-state index is 0.648. The van der Waals surface area contributed by atoms with Gasteiger partial charge in [-0.05, 0) is 24.4 Å². The molecule has 0 unspecified atom stereocenters. The van der Waals surface area contributed by atoms with Crippen molar-refractivity contribution < 1.29 is 4.31 Å². The highest BCUT2D eigenvalue weighted by Crippen LogP contribution is 1.61. The molecule has 0 aliphatic carbocycles. The van der Waals surface area contributed by atoms with E-state index in [1.165, 1.54) is 0 Å². The molecule has 0 spiro atoms. The molecule has 0 aromatic heterocycles. The van der Waals surface area contributed by atoms with Crippen LogP contribution in [0.25, 0.3) is 0 Å². The fraction of sp³-hybridized carbons (Fsp3) is 0.500. The summed E-state index contributed by atoms with van der Waals surface area (Å²) in [5.74, 6) is 0. The van der Waals surface area contributed by atoms with E-state index in [2.05, 4.69) is 0 Å². The topological polar surface area (TPSA) is 4.44 Å². The zero-order valence-electron chi connectivity index (χ0n) is 4.72. The maximum atomic E-state index is 4.82. The third-order valence-corrected chi connectivity index (χ3v) is 1.92. The smallest absolute Gasteiger partial charge is 0.157 e. The summed E-state index contributed by atoms with van der Waals surface area (Å²) in [4.78, 5) is 1.43. The number of hydrogen-bond acceptors (Lipinski definition) is 3. The molecule has 0 bridgehead atoms. The van der Waals surface area contributed by atoms with Crippen LogP contribution < -0.4 is 4.31 Å². The second kappa shape index (κ2) is 3.50. The van der Waals surface area contributed by atoms with Gasteiger partial charge in [-0.15, -0.1) is 0 Å². The molecule has 0 atom stereocenters. The number of thiocarbonyl (C=S) groups is 2. The Bertz CT molecular complexity index is 106. The Balaban J connectivity index is 3.83. The van der Waals surface area contributed by atoms with Crippen molar-refractivity contribution in [1.29, 1.82) is 0 Å². The summed E-state index contributed by atoms with van der Waals surface area (Å²) in [6.45, 7) is 3.57. The number of nitrogens with one attached hydrogen (secondary N) is 1. The van der Waals surface area contributed by atoms with Gasteiger partial charge in [0.05, 0.1) is 0 Å². The first-order chi connectivity index (χ1) is 3.55. The van der Waals surface area contributed by atoms with E-state index in [0.29, 0.717) is 14.3 Å². The summed E-state index contributed by atoms with van der Waals surface area (Å²) in [5, 5.41) is 0. The molecule has 0 fully saturated rings. The van der Waals surface area contributed by atoms with Gasteiger partial charge >= 0.3 is 0 Å². The van der Waals surface area contributed by atoms with Gasteiger partial charge in [0.2, 0.25) is 0 Å². The molecule has 0 aromatic rings. The third kappa shape index (κ3) is 2.71. The fourth-order valence-electron chi connectivity index (χ4n) is 0.248. The van der Waals surface area contributed by atoms with Gasteiger partial charge in [0.15, 0.2) is 9.98 Å². The molecule has 0 aliphatic heterocycles. The van der Waals surface area contributed by atoms with E-state index in [-0.39, 0.29) is 0 Å². The zero-order valence-corrected chi connectivity index (χ0v) is 7.17. The van der Waals surface area contributed by atoms with E-state index in [1.54, 1.807) is 13.8 Å². The van der Waals surface area contributed by atoms with E-state index in [0.717, 1.165) is 0 Å². The van der Waals surface area contributed by atoms with Gasteiger partial charge in [0, 0.05) is 13.8 Å². The van der Waals surface area contributed by atoms with Crippen molar-refractivity contribution in [2.24, 2.45) is 0 Å². The molecule has 0 saturated carbocycles. The van der Waals surface area contributed by atoms with Crippen LogP contribution in [-0.2, 0) is 12.8 Å². The summed E-state index contributed by atoms with van der Waals surface area (Å²) in [5.41, 5.74) is 0. The number of quaternary nitrogens is 1. The average molecular weight is 165 g/mol. The Kier molecular flexibility index (Phi) is 3.72. The molecule has 1 nitrogen and oxygen atoms in total. The van der Waals surface area contributed by atoms with Gasteiger partial charge in [-0.3, -0.25) is 0 Å². The van der Waals surface area contributed by atoms with Crippen molar-refractivity contribution in [2.75, 3.05) is 0 Å². The first-order valence-electron chi connectivity index (χ1n) is 2.11. The van der Waals surface area contributed by atoms with Gasteiger partial charge in [-0.2, -0.15) is 0 Å². The van der Waals surface area contributed by atoms with Gasteiger partial charge in [0.25, 0.3) is 0 Å². The van der Waals surface area contributed by atoms with Crippen molar-refractivity contribution in [3.05, 3.63) is 0 Å². The van der Waals surface area contributed by atoms with Crippen molar-refractivity contribution in [2.45, 2.75) is 13.8 Å². The van der Waals surface area contributed by atoms with E-state index in [1.807, 2.05) is 0 Å². The fourth-order valence-corrected chi connectivity index (χ4v) is 0.619. The highest BCUT2D eigenvalue weighted by Gasteiger charge is 1.97. The molecule has 0 rings (SSSR count). The van der Waals surface area contributed by atoms with Crippen molar-refractivity contribution in [3.63, 3.8) is 0 Å². The van der Waals surface area contributed by atoms with Crippen molar-refractivity contribution >= 4 is 47.2 Å². The highest BCUT2D eigenvalue weighted by molar-refractivity contribution is 7.81. The van der Waals surface area contributed by atoms with Gasteiger partial charge in [-0.1, -0.05) is 0 Å². The Morgan fingerprint density at radius 3 is 1.50 bits per heavy atom. The minimum absolute atomic E-state index is 0.648. The van der Waals surface area contributed by atoms with Crippen molar-refractivity contribution in [1.82, 2.24) is 0 Å². The second-order valence-electron chi connectivity index (χ2n) is 1.44. The second-order valence-corrected chi connectivity index (χ2v) is 3.07. The van der Waals surface area contributed by atoms with Crippen LogP contribution in [0.4, 0.5) is 0 Å². The normalized spacial score (nSPS) is 9.50. The molecule has 4 heteroatoms. The monoisotopic (exact) mass is 165 g/mol. The third-order valence-electron chi connectivity index (χ3n) is 0.640. The summed E-state index contributed by atoms with van der Waals surface area (Å²) in [6, 6.07) is 0. The SMILES string of the molecule is CC(=S)[NH+]([S-])C(C)=S. The predicted octanol–water partition coefficient (Wildman–Crippen LogP) is 0.0278. The standard InChI is InChI=1S/C4H7NS3/c1-3(6)5(8)4(2)7/h5H,1-2H3. The first-order valence-corrected chi connectivity index (χ1v) is 3.34. The summed E-state index contributed by atoms with van der Waals surface area (Å²) in [6.07, 6.45) is 0. The van der Waals surface area contributed by atoms with E-state index < -0.39 is 0 Å². The molecule has 0 amide bonds. The van der Waals surface area contributed by atoms with E-state index in [9.17, 15) is 0 Å². The van der Waals surface area contributed by atoms with Crippen LogP contribution in [0, 0.1) is 0 Å². The molecule has 0 aromatic carbocycles. The van der Waals surface area contributed by atoms with Crippen LogP contribution in [0.5, 0.6) is 0 Å². The van der Waals surface area contributed by atoms with Crippen LogP contribution in [0.3, 0.4) is 0 Å². The summed E-state index contributed by atoms with van der Waals surface area (Å²) < 4.78 is 0.648. The van der Waals surface area contributed by atoms with Crippen LogP contribution >= 0.6 is 24.4 Å². The largest absolute Gasteiger partial charge is 0.483 e. The molecule has 0 aliphatic rings. The Labute approximate surface area is 65.6 Å². The first kappa shape index (κ1) is 8.49. The lowest BCUT2D eigenvalue weighted by Crippen LogP contribution is -3.11. The average Bonchev–Trinajstić information content (AvgIpc) is 1.64. The lowest BCUT2D eigenvalue weighted by molar-refractivity contribution is -0.516. The zero-order chi connectivity index (χ0) is 6.73. The maximum Gasteiger partial charge on any atom is 0.157 e. The van der Waals surface area contributed by atoms with Crippen LogP contribution in [0.15, 0.2) is 0 Å². The molecule has 0 saturated heterocycles. The lowest BCUT2D eigenvalue weighted by atomic mass is 10.6. The van der Waals surface area contributed by atoms with Crippen LogP contribution in [0.2, 0.25) is 0 Å². The quantitative estimate of drug-likeness (QED) is 0.399. The highest BCUT2D eigenvalue weighted by atomic mass is 32.1. The number of rotatable bonds is 0. The van der Waals surface area contributed by atoms with Crippen LogP contribution in [0.1, 0.15) is 13.8 Å². The molecular formula is C4H7NS3. The van der Waals surface area contributed by atoms with Crippen LogP contribution in [-0.4, -0.2) is 9.98 Å². The number of hydrogen-bond donors (Lipinski definition) is 1. The predicted molar refractivity (Wildman–Crippen MR) is 44.9 cm³/mol.